The summed E-state index contributed by atoms with van der Waals surface area (Å²) in [5, 5.41) is 35.9. The van der Waals surface area contributed by atoms with E-state index in [9.17, 15) is 15.3 Å². The topological polar surface area (TPSA) is 116 Å². The molecule has 0 unspecified atom stereocenters. The second-order valence-electron chi connectivity index (χ2n) is 15.1. The Morgan fingerprint density at radius 1 is 0.400 bits per heavy atom. The predicted octanol–water partition coefficient (Wildman–Crippen LogP) is 6.66. The third kappa shape index (κ3) is 3.96. The van der Waals surface area contributed by atoms with Crippen LogP contribution in [0.2, 0.25) is 0 Å². The molecule has 0 radical (unpaired) electrons. The van der Waals surface area contributed by atoms with Crippen LogP contribution in [0, 0.1) is 16.2 Å². The highest BCUT2D eigenvalue weighted by Crippen LogP contribution is 2.55. The molecule has 240 valence electrons. The molecule has 3 aliphatic rings. The highest BCUT2D eigenvalue weighted by atomic mass is 16.7. The van der Waals surface area contributed by atoms with Crippen molar-refractivity contribution in [2.24, 2.45) is 16.2 Å². The molecule has 0 saturated heterocycles. The molecule has 0 atom stereocenters. The molecule has 45 heavy (non-hydrogen) atoms. The summed E-state index contributed by atoms with van der Waals surface area (Å²) in [5.41, 5.74) is -2.06. The number of fused-ring (bicyclic) bond motifs is 9. The van der Waals surface area contributed by atoms with Crippen LogP contribution in [0.25, 0.3) is 32.3 Å². The van der Waals surface area contributed by atoms with Crippen molar-refractivity contribution < 1.29 is 43.7 Å². The van der Waals surface area contributed by atoms with Gasteiger partial charge in [0.05, 0.1) is 36.1 Å². The largest absolute Gasteiger partial charge is 0.448 e. The van der Waals surface area contributed by atoms with E-state index in [1.54, 1.807) is 0 Å². The van der Waals surface area contributed by atoms with Crippen LogP contribution in [-0.4, -0.2) is 52.5 Å². The van der Waals surface area contributed by atoms with E-state index in [1.807, 2.05) is 98.7 Å². The first kappa shape index (κ1) is 30.0. The summed E-state index contributed by atoms with van der Waals surface area (Å²) in [7, 11) is 0. The second-order valence-corrected chi connectivity index (χ2v) is 15.1. The van der Waals surface area contributed by atoms with E-state index in [4.69, 9.17) is 28.4 Å². The Hall–Kier alpha value is -3.66. The Kier molecular flexibility index (Phi) is 6.00. The third-order valence-electron chi connectivity index (χ3n) is 10.8. The average Bonchev–Trinajstić information content (AvgIpc) is 3.64. The minimum atomic E-state index is -1.08. The predicted molar refractivity (Wildman–Crippen MR) is 171 cm³/mol. The zero-order valence-electron chi connectivity index (χ0n) is 27.4. The molecule has 9 nitrogen and oxygen atoms in total. The zero-order chi connectivity index (χ0) is 32.5. The van der Waals surface area contributed by atoms with Gasteiger partial charge in [-0.05, 0) is 68.7 Å². The van der Waals surface area contributed by atoms with Crippen molar-refractivity contribution in [2.45, 2.75) is 79.7 Å². The first-order valence-electron chi connectivity index (χ1n) is 15.4. The van der Waals surface area contributed by atoms with Gasteiger partial charge in [0.25, 0.3) is 17.4 Å². The molecular formula is C36H42O9. The Balaban J connectivity index is 1.50. The molecule has 0 bridgehead atoms. The van der Waals surface area contributed by atoms with E-state index in [0.29, 0.717) is 34.5 Å². The maximum atomic E-state index is 10.1. The second kappa shape index (κ2) is 8.99. The summed E-state index contributed by atoms with van der Waals surface area (Å²) in [5.74, 6) is 0.214. The number of hydrogen-bond acceptors (Lipinski definition) is 9. The normalized spacial score (nSPS) is 25.6. The van der Waals surface area contributed by atoms with Gasteiger partial charge in [-0.1, -0.05) is 41.5 Å². The number of hydrogen-bond donors (Lipinski definition) is 3. The van der Waals surface area contributed by atoms with Crippen LogP contribution in [0.5, 0.6) is 34.5 Å². The minimum absolute atomic E-state index is 0.123. The van der Waals surface area contributed by atoms with Crippen molar-refractivity contribution >= 4 is 32.3 Å². The van der Waals surface area contributed by atoms with Gasteiger partial charge in [-0.3, -0.25) is 0 Å². The molecule has 0 aromatic heterocycles. The number of aliphatic hydroxyl groups excluding tert-OH is 3. The fourth-order valence-corrected chi connectivity index (χ4v) is 6.08. The number of rotatable bonds is 6. The molecule has 4 aromatic carbocycles. The first-order valence-corrected chi connectivity index (χ1v) is 15.4. The molecule has 3 heterocycles. The molecule has 3 N–H and O–H groups in total. The van der Waals surface area contributed by atoms with Crippen molar-refractivity contribution in [3.05, 3.63) is 36.4 Å². The van der Waals surface area contributed by atoms with E-state index in [2.05, 4.69) is 0 Å². The van der Waals surface area contributed by atoms with Gasteiger partial charge in [0.2, 0.25) is 0 Å². The molecule has 4 aromatic rings. The van der Waals surface area contributed by atoms with Gasteiger partial charge in [0.15, 0.2) is 34.5 Å². The Labute approximate surface area is 262 Å². The minimum Gasteiger partial charge on any atom is -0.448 e. The lowest BCUT2D eigenvalue weighted by molar-refractivity contribution is -0.164. The SMILES string of the molecule is CC(C)(CO)C1(C)Oc2cc3c4cc5c(cc4c4cc6c(cc4c3cc2O1)OC(C)(C(C)(C)CO)O6)OC(C)(C(C)(C)CO)O5. The maximum Gasteiger partial charge on any atom is 0.256 e. The maximum absolute atomic E-state index is 10.1. The van der Waals surface area contributed by atoms with Gasteiger partial charge in [0.1, 0.15) is 0 Å². The van der Waals surface area contributed by atoms with Crippen molar-refractivity contribution in [1.82, 2.24) is 0 Å². The van der Waals surface area contributed by atoms with Crippen molar-refractivity contribution in [1.29, 1.82) is 0 Å². The average molecular weight is 619 g/mol. The van der Waals surface area contributed by atoms with Gasteiger partial charge in [0, 0.05) is 20.8 Å². The summed E-state index contributed by atoms with van der Waals surface area (Å²) >= 11 is 0. The fraction of sp³-hybridized carbons (Fsp3) is 0.500. The van der Waals surface area contributed by atoms with Crippen molar-refractivity contribution in [3.8, 4) is 34.5 Å². The number of ether oxygens (including phenoxy) is 6. The third-order valence-corrected chi connectivity index (χ3v) is 10.8. The molecular weight excluding hydrogens is 576 g/mol. The molecule has 3 aliphatic heterocycles. The van der Waals surface area contributed by atoms with Crippen LogP contribution in [0.3, 0.4) is 0 Å². The fourth-order valence-electron chi connectivity index (χ4n) is 6.08. The summed E-state index contributed by atoms with van der Waals surface area (Å²) in [4.78, 5) is 0. The first-order chi connectivity index (χ1) is 20.9. The summed E-state index contributed by atoms with van der Waals surface area (Å²) < 4.78 is 38.5. The highest BCUT2D eigenvalue weighted by Gasteiger charge is 2.52. The van der Waals surface area contributed by atoms with Gasteiger partial charge in [-0.2, -0.15) is 0 Å². The van der Waals surface area contributed by atoms with Gasteiger partial charge in [-0.25, -0.2) is 0 Å². The van der Waals surface area contributed by atoms with Crippen LogP contribution in [0.1, 0.15) is 62.3 Å². The van der Waals surface area contributed by atoms with E-state index < -0.39 is 33.6 Å². The Bertz CT molecular complexity index is 1550. The van der Waals surface area contributed by atoms with Crippen LogP contribution in [0.15, 0.2) is 36.4 Å². The molecule has 0 amide bonds. The Morgan fingerprint density at radius 2 is 0.556 bits per heavy atom. The molecule has 0 saturated carbocycles. The quantitative estimate of drug-likeness (QED) is 0.204. The van der Waals surface area contributed by atoms with E-state index >= 15 is 0 Å². The number of aliphatic hydroxyl groups is 3. The molecule has 9 heteroatoms. The lowest BCUT2D eigenvalue weighted by Crippen LogP contribution is -2.51. The molecule has 0 spiro atoms. The van der Waals surface area contributed by atoms with Gasteiger partial charge < -0.3 is 43.7 Å². The van der Waals surface area contributed by atoms with Crippen LogP contribution < -0.4 is 28.4 Å². The zero-order valence-corrected chi connectivity index (χ0v) is 27.4. The van der Waals surface area contributed by atoms with E-state index in [-0.39, 0.29) is 19.8 Å². The van der Waals surface area contributed by atoms with E-state index in [1.165, 1.54) is 0 Å². The number of benzene rings is 4. The van der Waals surface area contributed by atoms with Crippen LogP contribution in [-0.2, 0) is 0 Å². The lowest BCUT2D eigenvalue weighted by Gasteiger charge is -2.37. The van der Waals surface area contributed by atoms with E-state index in [0.717, 1.165) is 32.3 Å². The molecule has 0 aliphatic carbocycles. The Morgan fingerprint density at radius 3 is 0.689 bits per heavy atom. The standard InChI is InChI=1S/C36H42O9/c1-31(2,16-37)34(7)40-25-10-19-20(11-26(25)41-34)22-13-28-30(45-36(9,43-28)33(5,6)18-39)15-24(22)23-14-29-27(12-21(19)23)42-35(8,44-29)32(3,4)17-38/h10-15,37-39H,16-18H2,1-9H3. The molecule has 0 fully saturated rings. The molecule has 7 rings (SSSR count). The van der Waals surface area contributed by atoms with Crippen LogP contribution >= 0.6 is 0 Å². The van der Waals surface area contributed by atoms with Gasteiger partial charge >= 0.3 is 0 Å². The smallest absolute Gasteiger partial charge is 0.256 e. The van der Waals surface area contributed by atoms with Crippen molar-refractivity contribution in [3.63, 3.8) is 0 Å². The lowest BCUT2D eigenvalue weighted by atomic mass is 9.85. The highest BCUT2D eigenvalue weighted by molar-refractivity contribution is 6.27. The summed E-state index contributed by atoms with van der Waals surface area (Å²) in [6.45, 7) is 16.6. The summed E-state index contributed by atoms with van der Waals surface area (Å²) in [6, 6.07) is 11.9. The van der Waals surface area contributed by atoms with Crippen molar-refractivity contribution in [2.75, 3.05) is 19.8 Å². The monoisotopic (exact) mass is 618 g/mol. The van der Waals surface area contributed by atoms with Gasteiger partial charge in [-0.15, -0.1) is 0 Å². The van der Waals surface area contributed by atoms with Crippen LogP contribution in [0.4, 0.5) is 0 Å². The summed E-state index contributed by atoms with van der Waals surface area (Å²) in [6.07, 6.45) is 0.